The highest BCUT2D eigenvalue weighted by atomic mass is 16.2. The molecule has 1 saturated heterocycles. The Balaban J connectivity index is 2.14. The molecule has 3 amide bonds. The summed E-state index contributed by atoms with van der Waals surface area (Å²) in [7, 11) is 0. The normalized spacial score (nSPS) is 16.0. The van der Waals surface area contributed by atoms with Crippen LogP contribution in [0.1, 0.15) is 17.5 Å². The van der Waals surface area contributed by atoms with E-state index in [1.54, 1.807) is 0 Å². The fourth-order valence-corrected chi connectivity index (χ4v) is 2.88. The lowest BCUT2D eigenvalue weighted by Crippen LogP contribution is -2.45. The van der Waals surface area contributed by atoms with E-state index in [1.165, 1.54) is 0 Å². The summed E-state index contributed by atoms with van der Waals surface area (Å²) in [6, 6.07) is 19.8. The molecule has 1 heterocycles. The molecule has 23 heavy (non-hydrogen) atoms. The van der Waals surface area contributed by atoms with Crippen LogP contribution in [0.5, 0.6) is 0 Å². The molecule has 2 aromatic carbocycles. The lowest BCUT2D eigenvalue weighted by Gasteiger charge is -2.27. The maximum absolute atomic E-state index is 13.1. The van der Waals surface area contributed by atoms with E-state index in [-0.39, 0.29) is 18.9 Å². The second-order valence-corrected chi connectivity index (χ2v) is 5.28. The van der Waals surface area contributed by atoms with Crippen LogP contribution in [0.15, 0.2) is 60.7 Å². The quantitative estimate of drug-likeness (QED) is 0.881. The van der Waals surface area contributed by atoms with Gasteiger partial charge in [0, 0.05) is 6.54 Å². The molecule has 1 aliphatic rings. The van der Waals surface area contributed by atoms with Crippen molar-refractivity contribution >= 4 is 11.9 Å². The molecular formula is C18H15N3O2. The fraction of sp³-hybridized carbons (Fsp3) is 0.167. The Morgan fingerprint density at radius 3 is 1.96 bits per heavy atom. The van der Waals surface area contributed by atoms with Crippen LogP contribution < -0.4 is 5.32 Å². The number of rotatable bonds is 4. The van der Waals surface area contributed by atoms with Crippen molar-refractivity contribution < 1.29 is 9.59 Å². The first-order valence-electron chi connectivity index (χ1n) is 7.32. The van der Waals surface area contributed by atoms with E-state index in [9.17, 15) is 9.59 Å². The van der Waals surface area contributed by atoms with E-state index in [4.69, 9.17) is 5.26 Å². The lowest BCUT2D eigenvalue weighted by molar-refractivity contribution is -0.130. The van der Waals surface area contributed by atoms with Gasteiger partial charge < -0.3 is 5.32 Å². The molecular weight excluding hydrogens is 290 g/mol. The summed E-state index contributed by atoms with van der Waals surface area (Å²) < 4.78 is 0. The zero-order valence-corrected chi connectivity index (χ0v) is 12.4. The summed E-state index contributed by atoms with van der Waals surface area (Å²) in [6.45, 7) is 0.0859. The van der Waals surface area contributed by atoms with Gasteiger partial charge in [-0.1, -0.05) is 60.7 Å². The highest BCUT2D eigenvalue weighted by Gasteiger charge is 2.53. The van der Waals surface area contributed by atoms with Crippen LogP contribution in [-0.4, -0.2) is 23.4 Å². The van der Waals surface area contributed by atoms with E-state index in [1.807, 2.05) is 66.7 Å². The first-order chi connectivity index (χ1) is 11.2. The van der Waals surface area contributed by atoms with E-state index < -0.39 is 11.6 Å². The predicted octanol–water partition coefficient (Wildman–Crippen LogP) is 2.40. The van der Waals surface area contributed by atoms with Gasteiger partial charge in [-0.3, -0.25) is 9.69 Å². The molecule has 0 radical (unpaired) electrons. The Morgan fingerprint density at radius 2 is 1.48 bits per heavy atom. The summed E-state index contributed by atoms with van der Waals surface area (Å²) >= 11 is 0. The summed E-state index contributed by atoms with van der Waals surface area (Å²) in [4.78, 5) is 26.5. The van der Waals surface area contributed by atoms with E-state index in [0.29, 0.717) is 11.1 Å². The third-order valence-corrected chi connectivity index (χ3v) is 3.97. The minimum Gasteiger partial charge on any atom is -0.315 e. The molecule has 1 N–H and O–H groups in total. The van der Waals surface area contributed by atoms with Crippen LogP contribution in [0, 0.1) is 11.3 Å². The maximum atomic E-state index is 13.1. The molecule has 0 aromatic heterocycles. The molecule has 0 saturated carbocycles. The SMILES string of the molecule is N#CCCN1C(=O)NC(c2ccccc2)(c2ccccc2)C1=O. The van der Waals surface area contributed by atoms with Crippen molar-refractivity contribution in [3.63, 3.8) is 0 Å². The second-order valence-electron chi connectivity index (χ2n) is 5.28. The van der Waals surface area contributed by atoms with Gasteiger partial charge in [-0.15, -0.1) is 0 Å². The van der Waals surface area contributed by atoms with E-state index in [0.717, 1.165) is 4.90 Å². The molecule has 5 nitrogen and oxygen atoms in total. The van der Waals surface area contributed by atoms with Crippen molar-refractivity contribution in [2.75, 3.05) is 6.54 Å². The third kappa shape index (κ3) is 2.34. The van der Waals surface area contributed by atoms with Gasteiger partial charge in [0.1, 0.15) is 0 Å². The Morgan fingerprint density at radius 1 is 0.957 bits per heavy atom. The van der Waals surface area contributed by atoms with E-state index >= 15 is 0 Å². The van der Waals surface area contributed by atoms with Crippen molar-refractivity contribution in [3.8, 4) is 6.07 Å². The molecule has 0 unspecified atom stereocenters. The van der Waals surface area contributed by atoms with Gasteiger partial charge >= 0.3 is 6.03 Å². The van der Waals surface area contributed by atoms with Crippen molar-refractivity contribution in [2.45, 2.75) is 12.0 Å². The average Bonchev–Trinajstić information content (AvgIpc) is 2.86. The minimum atomic E-state index is -1.24. The first-order valence-corrected chi connectivity index (χ1v) is 7.32. The van der Waals surface area contributed by atoms with Gasteiger partial charge in [-0.25, -0.2) is 4.79 Å². The Labute approximate surface area is 134 Å². The first kappa shape index (κ1) is 14.8. The van der Waals surface area contributed by atoms with E-state index in [2.05, 4.69) is 5.32 Å². The van der Waals surface area contributed by atoms with Crippen LogP contribution in [0.4, 0.5) is 4.79 Å². The van der Waals surface area contributed by atoms with Crippen molar-refractivity contribution in [3.05, 3.63) is 71.8 Å². The molecule has 2 aromatic rings. The summed E-state index contributed by atoms with van der Waals surface area (Å²) in [6.07, 6.45) is 0.110. The topological polar surface area (TPSA) is 73.2 Å². The monoisotopic (exact) mass is 305 g/mol. The van der Waals surface area contributed by atoms with Crippen LogP contribution in [0.2, 0.25) is 0 Å². The van der Waals surface area contributed by atoms with Gasteiger partial charge in [-0.2, -0.15) is 5.26 Å². The van der Waals surface area contributed by atoms with Crippen LogP contribution in [-0.2, 0) is 10.3 Å². The van der Waals surface area contributed by atoms with Gasteiger partial charge in [0.2, 0.25) is 0 Å². The number of carbonyl (C=O) groups excluding carboxylic acids is 2. The molecule has 0 spiro atoms. The zero-order valence-electron chi connectivity index (χ0n) is 12.4. The number of imide groups is 1. The Hall–Kier alpha value is -3.13. The van der Waals surface area contributed by atoms with Gasteiger partial charge in [0.05, 0.1) is 12.5 Å². The summed E-state index contributed by atoms with van der Waals surface area (Å²) in [5.41, 5.74) is 0.155. The number of amides is 3. The van der Waals surface area contributed by atoms with Crippen molar-refractivity contribution in [1.29, 1.82) is 5.26 Å². The largest absolute Gasteiger partial charge is 0.325 e. The molecule has 0 atom stereocenters. The average molecular weight is 305 g/mol. The summed E-state index contributed by atoms with van der Waals surface area (Å²) in [5.74, 6) is -0.352. The molecule has 114 valence electrons. The minimum absolute atomic E-state index is 0.0859. The number of nitriles is 1. The smallest absolute Gasteiger partial charge is 0.315 e. The molecule has 3 rings (SSSR count). The van der Waals surface area contributed by atoms with Crippen LogP contribution in [0.25, 0.3) is 0 Å². The van der Waals surface area contributed by atoms with Gasteiger partial charge in [-0.05, 0) is 11.1 Å². The standard InChI is InChI=1S/C18H15N3O2/c19-12-7-13-21-16(22)18(20-17(21)23,14-8-3-1-4-9-14)15-10-5-2-6-11-15/h1-6,8-11H,7,13H2,(H,20,23). The number of nitrogens with one attached hydrogen (secondary N) is 1. The van der Waals surface area contributed by atoms with Crippen LogP contribution >= 0.6 is 0 Å². The molecule has 0 bridgehead atoms. The molecule has 1 aliphatic heterocycles. The maximum Gasteiger partial charge on any atom is 0.325 e. The number of urea groups is 1. The predicted molar refractivity (Wildman–Crippen MR) is 84.1 cm³/mol. The lowest BCUT2D eigenvalue weighted by atomic mass is 9.82. The Kier molecular flexibility index (Phi) is 3.82. The number of hydrogen-bond donors (Lipinski definition) is 1. The van der Waals surface area contributed by atoms with Crippen molar-refractivity contribution in [2.24, 2.45) is 0 Å². The number of carbonyl (C=O) groups is 2. The number of benzene rings is 2. The second kappa shape index (κ2) is 5.93. The highest BCUT2D eigenvalue weighted by Crippen LogP contribution is 2.35. The third-order valence-electron chi connectivity index (χ3n) is 3.97. The van der Waals surface area contributed by atoms with Gasteiger partial charge in [0.15, 0.2) is 5.54 Å². The molecule has 1 fully saturated rings. The fourth-order valence-electron chi connectivity index (χ4n) is 2.88. The Bertz CT molecular complexity index is 726. The highest BCUT2D eigenvalue weighted by molar-refractivity contribution is 6.09. The number of nitrogens with zero attached hydrogens (tertiary/aromatic N) is 2. The summed E-state index contributed by atoms with van der Waals surface area (Å²) in [5, 5.41) is 11.6. The molecule has 5 heteroatoms. The molecule has 0 aliphatic carbocycles. The van der Waals surface area contributed by atoms with Crippen molar-refractivity contribution in [1.82, 2.24) is 10.2 Å². The van der Waals surface area contributed by atoms with Gasteiger partial charge in [0.25, 0.3) is 5.91 Å². The zero-order chi connectivity index (χ0) is 16.3. The van der Waals surface area contributed by atoms with Crippen LogP contribution in [0.3, 0.4) is 0 Å². The number of hydrogen-bond acceptors (Lipinski definition) is 3.